The van der Waals surface area contributed by atoms with E-state index in [1.807, 2.05) is 19.9 Å². The van der Waals surface area contributed by atoms with E-state index in [9.17, 15) is 4.39 Å². The first kappa shape index (κ1) is 14.5. The van der Waals surface area contributed by atoms with Crippen LogP contribution in [0.2, 0.25) is 0 Å². The van der Waals surface area contributed by atoms with Gasteiger partial charge in [-0.3, -0.25) is 0 Å². The predicted molar refractivity (Wildman–Crippen MR) is 80.2 cm³/mol. The van der Waals surface area contributed by atoms with Gasteiger partial charge < -0.3 is 11.1 Å². The van der Waals surface area contributed by atoms with Crippen LogP contribution in [0.1, 0.15) is 22.4 Å². The van der Waals surface area contributed by atoms with Crippen LogP contribution in [0, 0.1) is 19.7 Å². The molecule has 0 atom stereocenters. The molecular weight excluding hydrogens is 253 g/mol. The number of hydrogen-bond donors (Lipinski definition) is 2. The van der Waals surface area contributed by atoms with Gasteiger partial charge in [-0.05, 0) is 49.6 Å². The molecule has 4 heteroatoms. The normalized spacial score (nSPS) is 10.6. The van der Waals surface area contributed by atoms with E-state index in [-0.39, 0.29) is 5.82 Å². The molecule has 106 valence electrons. The number of nitrogens with one attached hydrogen (secondary N) is 1. The van der Waals surface area contributed by atoms with Gasteiger partial charge in [0.2, 0.25) is 0 Å². The lowest BCUT2D eigenvalue weighted by atomic mass is 10.1. The Hall–Kier alpha value is -1.94. The summed E-state index contributed by atoms with van der Waals surface area (Å²) in [5, 5.41) is 3.32. The third-order valence-corrected chi connectivity index (χ3v) is 3.30. The summed E-state index contributed by atoms with van der Waals surface area (Å²) >= 11 is 0. The molecule has 1 aromatic heterocycles. The summed E-state index contributed by atoms with van der Waals surface area (Å²) in [7, 11) is 0. The van der Waals surface area contributed by atoms with Gasteiger partial charge in [0.25, 0.3) is 0 Å². The molecule has 0 bridgehead atoms. The molecule has 0 amide bonds. The van der Waals surface area contributed by atoms with Crippen molar-refractivity contribution in [2.45, 2.75) is 26.8 Å². The van der Waals surface area contributed by atoms with Gasteiger partial charge in [-0.15, -0.1) is 0 Å². The number of aromatic nitrogens is 1. The summed E-state index contributed by atoms with van der Waals surface area (Å²) in [6.45, 7) is 5.23. The van der Waals surface area contributed by atoms with Gasteiger partial charge in [-0.25, -0.2) is 9.37 Å². The molecule has 0 aliphatic heterocycles. The molecule has 0 spiro atoms. The summed E-state index contributed by atoms with van der Waals surface area (Å²) in [5.74, 6) is 0.648. The number of nitrogens with zero attached hydrogens (tertiary/aromatic N) is 1. The number of halogens is 1. The molecule has 0 unspecified atom stereocenters. The molecule has 2 aromatic rings. The zero-order chi connectivity index (χ0) is 14.5. The Bertz CT molecular complexity index is 579. The van der Waals surface area contributed by atoms with E-state index in [0.717, 1.165) is 41.2 Å². The predicted octanol–water partition coefficient (Wildman–Crippen LogP) is 2.95. The van der Waals surface area contributed by atoms with Gasteiger partial charge >= 0.3 is 0 Å². The maximum absolute atomic E-state index is 12.8. The molecule has 0 fully saturated rings. The molecule has 0 radical (unpaired) electrons. The molecular formula is C16H20FN3. The monoisotopic (exact) mass is 273 g/mol. The van der Waals surface area contributed by atoms with E-state index in [4.69, 9.17) is 5.73 Å². The van der Waals surface area contributed by atoms with E-state index >= 15 is 0 Å². The molecule has 1 heterocycles. The maximum Gasteiger partial charge on any atom is 0.131 e. The summed E-state index contributed by atoms with van der Waals surface area (Å²) in [6, 6.07) is 8.60. The van der Waals surface area contributed by atoms with Gasteiger partial charge in [0.05, 0.1) is 0 Å². The minimum Gasteiger partial charge on any atom is -0.369 e. The average molecular weight is 273 g/mol. The van der Waals surface area contributed by atoms with Crippen molar-refractivity contribution < 1.29 is 4.39 Å². The first-order valence-electron chi connectivity index (χ1n) is 6.75. The summed E-state index contributed by atoms with van der Waals surface area (Å²) in [6.07, 6.45) is 0.818. The lowest BCUT2D eigenvalue weighted by Crippen LogP contribution is -2.12. The molecule has 0 saturated carbocycles. The van der Waals surface area contributed by atoms with Crippen LogP contribution < -0.4 is 11.1 Å². The van der Waals surface area contributed by atoms with Crippen LogP contribution in [0.25, 0.3) is 0 Å². The first-order chi connectivity index (χ1) is 9.60. The molecule has 3 nitrogen and oxygen atoms in total. The van der Waals surface area contributed by atoms with Crippen molar-refractivity contribution in [3.05, 3.63) is 58.5 Å². The van der Waals surface area contributed by atoms with Crippen LogP contribution in [0.3, 0.4) is 0 Å². The highest BCUT2D eigenvalue weighted by molar-refractivity contribution is 5.49. The Kier molecular flexibility index (Phi) is 4.69. The second kappa shape index (κ2) is 6.48. The van der Waals surface area contributed by atoms with E-state index in [1.54, 1.807) is 12.1 Å². The van der Waals surface area contributed by atoms with Gasteiger partial charge in [0, 0.05) is 24.3 Å². The molecule has 0 aliphatic rings. The minimum atomic E-state index is -0.205. The molecule has 0 aliphatic carbocycles. The summed E-state index contributed by atoms with van der Waals surface area (Å²) < 4.78 is 12.8. The summed E-state index contributed by atoms with van der Waals surface area (Å²) in [5.41, 5.74) is 10.1. The topological polar surface area (TPSA) is 50.9 Å². The number of anilines is 1. The van der Waals surface area contributed by atoms with E-state index in [1.165, 1.54) is 12.1 Å². The van der Waals surface area contributed by atoms with Crippen LogP contribution >= 0.6 is 0 Å². The van der Waals surface area contributed by atoms with E-state index in [0.29, 0.717) is 6.54 Å². The molecule has 3 N–H and O–H groups in total. The maximum atomic E-state index is 12.8. The standard InChI is InChI=1S/C16H20FN3/c1-11-9-12(2)20-16(15(11)10-18)19-8-7-13-3-5-14(17)6-4-13/h3-6,9H,7-8,10,18H2,1-2H3,(H,19,20). The Morgan fingerprint density at radius 3 is 2.55 bits per heavy atom. The van der Waals surface area contributed by atoms with Gasteiger partial charge in [-0.2, -0.15) is 0 Å². The quantitative estimate of drug-likeness (QED) is 0.880. The highest BCUT2D eigenvalue weighted by Gasteiger charge is 2.06. The van der Waals surface area contributed by atoms with Crippen molar-refractivity contribution in [3.63, 3.8) is 0 Å². The van der Waals surface area contributed by atoms with Crippen molar-refractivity contribution in [1.29, 1.82) is 0 Å². The van der Waals surface area contributed by atoms with E-state index < -0.39 is 0 Å². The van der Waals surface area contributed by atoms with Crippen LogP contribution in [0.15, 0.2) is 30.3 Å². The van der Waals surface area contributed by atoms with Crippen molar-refractivity contribution >= 4 is 5.82 Å². The number of nitrogens with two attached hydrogens (primary N) is 1. The first-order valence-corrected chi connectivity index (χ1v) is 6.75. The third kappa shape index (κ3) is 3.54. The van der Waals surface area contributed by atoms with Crippen LogP contribution in [0.4, 0.5) is 10.2 Å². The summed E-state index contributed by atoms with van der Waals surface area (Å²) in [4.78, 5) is 4.50. The van der Waals surface area contributed by atoms with Crippen molar-refractivity contribution in [2.75, 3.05) is 11.9 Å². The molecule has 1 aromatic carbocycles. The Morgan fingerprint density at radius 1 is 1.20 bits per heavy atom. The van der Waals surface area contributed by atoms with Crippen LogP contribution in [-0.4, -0.2) is 11.5 Å². The fourth-order valence-electron chi connectivity index (χ4n) is 2.24. The zero-order valence-corrected chi connectivity index (χ0v) is 11.9. The number of benzene rings is 1. The molecule has 0 saturated heterocycles. The van der Waals surface area contributed by atoms with Crippen molar-refractivity contribution in [3.8, 4) is 0 Å². The number of rotatable bonds is 5. The zero-order valence-electron chi connectivity index (χ0n) is 11.9. The second-order valence-electron chi connectivity index (χ2n) is 4.92. The van der Waals surface area contributed by atoms with Crippen LogP contribution in [-0.2, 0) is 13.0 Å². The van der Waals surface area contributed by atoms with Crippen molar-refractivity contribution in [2.24, 2.45) is 5.73 Å². The largest absolute Gasteiger partial charge is 0.369 e. The lowest BCUT2D eigenvalue weighted by Gasteiger charge is -2.13. The smallest absolute Gasteiger partial charge is 0.131 e. The molecule has 2 rings (SSSR count). The SMILES string of the molecule is Cc1cc(C)c(CN)c(NCCc2ccc(F)cc2)n1. The second-order valence-corrected chi connectivity index (χ2v) is 4.92. The van der Waals surface area contributed by atoms with Gasteiger partial charge in [-0.1, -0.05) is 12.1 Å². The number of pyridine rings is 1. The van der Waals surface area contributed by atoms with E-state index in [2.05, 4.69) is 10.3 Å². The Labute approximate surface area is 119 Å². The fourth-order valence-corrected chi connectivity index (χ4v) is 2.24. The van der Waals surface area contributed by atoms with Crippen molar-refractivity contribution in [1.82, 2.24) is 4.98 Å². The third-order valence-electron chi connectivity index (χ3n) is 3.30. The highest BCUT2D eigenvalue weighted by Crippen LogP contribution is 2.18. The number of hydrogen-bond acceptors (Lipinski definition) is 3. The molecule has 20 heavy (non-hydrogen) atoms. The lowest BCUT2D eigenvalue weighted by molar-refractivity contribution is 0.627. The fraction of sp³-hybridized carbons (Fsp3) is 0.312. The highest BCUT2D eigenvalue weighted by atomic mass is 19.1. The van der Waals surface area contributed by atoms with Gasteiger partial charge in [0.15, 0.2) is 0 Å². The number of aryl methyl sites for hydroxylation is 2. The Morgan fingerprint density at radius 2 is 1.90 bits per heavy atom. The minimum absolute atomic E-state index is 0.205. The van der Waals surface area contributed by atoms with Gasteiger partial charge in [0.1, 0.15) is 11.6 Å². The van der Waals surface area contributed by atoms with Crippen LogP contribution in [0.5, 0.6) is 0 Å². The Balaban J connectivity index is 2.02. The average Bonchev–Trinajstić information content (AvgIpc) is 2.40.